The number of nitrogens with zero attached hydrogens (tertiary/aromatic N) is 1. The lowest BCUT2D eigenvalue weighted by Crippen LogP contribution is -2.50. The molecule has 0 aromatic heterocycles. The van der Waals surface area contributed by atoms with Gasteiger partial charge in [0.05, 0.1) is 5.92 Å². The van der Waals surface area contributed by atoms with Gasteiger partial charge < -0.3 is 15.3 Å². The van der Waals surface area contributed by atoms with Gasteiger partial charge in [0.15, 0.2) is 0 Å². The Morgan fingerprint density at radius 3 is 2.57 bits per heavy atom. The molecule has 8 nitrogen and oxygen atoms in total. The minimum absolute atomic E-state index is 0.257. The van der Waals surface area contributed by atoms with Gasteiger partial charge in [-0.15, -0.1) is 0 Å². The number of halogens is 1. The average Bonchev–Trinajstić information content (AvgIpc) is 3.19. The molecular weight excluding hydrogens is 369 g/mol. The third kappa shape index (κ3) is 5.26. The molecule has 0 radical (unpaired) electrons. The number of nitrogens with one attached hydrogen (secondary N) is 2. The van der Waals surface area contributed by atoms with Gasteiger partial charge in [-0.3, -0.25) is 19.6 Å². The first-order valence-corrected chi connectivity index (χ1v) is 9.38. The van der Waals surface area contributed by atoms with Crippen LogP contribution >= 0.6 is 0 Å². The Kier molecular flexibility index (Phi) is 7.89. The molecule has 1 aromatic carbocycles. The minimum atomic E-state index is -1.70. The highest BCUT2D eigenvalue weighted by molar-refractivity contribution is 5.98. The zero-order valence-electron chi connectivity index (χ0n) is 15.7. The van der Waals surface area contributed by atoms with Gasteiger partial charge in [0, 0.05) is 12.2 Å². The van der Waals surface area contributed by atoms with Gasteiger partial charge in [-0.1, -0.05) is 19.8 Å². The van der Waals surface area contributed by atoms with Gasteiger partial charge in [-0.05, 0) is 43.5 Å². The first kappa shape index (κ1) is 21.8. The first-order chi connectivity index (χ1) is 13.4. The molecule has 1 aliphatic rings. The van der Waals surface area contributed by atoms with Gasteiger partial charge in [-0.25, -0.2) is 9.87 Å². The van der Waals surface area contributed by atoms with Crippen molar-refractivity contribution in [1.29, 1.82) is 0 Å². The molecule has 0 bridgehead atoms. The van der Waals surface area contributed by atoms with Crippen LogP contribution in [0.25, 0.3) is 0 Å². The Hall–Kier alpha value is -2.52. The molecule has 4 N–H and O–H groups in total. The lowest BCUT2D eigenvalue weighted by Gasteiger charge is -2.30. The highest BCUT2D eigenvalue weighted by Crippen LogP contribution is 2.25. The number of rotatable bonds is 8. The lowest BCUT2D eigenvalue weighted by molar-refractivity contribution is -0.152. The number of carbonyl (C=O) groups is 3. The van der Waals surface area contributed by atoms with E-state index >= 15 is 0 Å². The molecule has 154 valence electrons. The maximum absolute atomic E-state index is 13.0. The number of amides is 3. The van der Waals surface area contributed by atoms with Crippen LogP contribution in [0.2, 0.25) is 0 Å². The fourth-order valence-corrected chi connectivity index (χ4v) is 3.36. The summed E-state index contributed by atoms with van der Waals surface area (Å²) in [5, 5.41) is 21.6. The van der Waals surface area contributed by atoms with Crippen molar-refractivity contribution >= 4 is 23.4 Å². The summed E-state index contributed by atoms with van der Waals surface area (Å²) >= 11 is 0. The van der Waals surface area contributed by atoms with Gasteiger partial charge in [0.2, 0.25) is 11.8 Å². The van der Waals surface area contributed by atoms with E-state index in [1.165, 1.54) is 34.6 Å². The number of aliphatic hydroxyl groups excluding tert-OH is 1. The van der Waals surface area contributed by atoms with Crippen LogP contribution in [0.15, 0.2) is 24.3 Å². The van der Waals surface area contributed by atoms with Crippen molar-refractivity contribution in [3.8, 4) is 0 Å². The zero-order chi connectivity index (χ0) is 20.7. The molecule has 2 unspecified atom stereocenters. The molecule has 3 atom stereocenters. The monoisotopic (exact) mass is 395 g/mol. The van der Waals surface area contributed by atoms with Gasteiger partial charge in [-0.2, -0.15) is 0 Å². The number of benzene rings is 1. The number of hydrogen-bond donors (Lipinski definition) is 4. The molecule has 0 spiro atoms. The second-order valence-corrected chi connectivity index (χ2v) is 6.86. The molecule has 0 saturated carbocycles. The zero-order valence-corrected chi connectivity index (χ0v) is 15.7. The fourth-order valence-electron chi connectivity index (χ4n) is 3.36. The number of hydroxylamine groups is 1. The van der Waals surface area contributed by atoms with Crippen molar-refractivity contribution < 1.29 is 29.1 Å². The summed E-state index contributed by atoms with van der Waals surface area (Å²) < 4.78 is 13.0. The maximum atomic E-state index is 13.0. The summed E-state index contributed by atoms with van der Waals surface area (Å²) in [7, 11) is 0. The van der Waals surface area contributed by atoms with Gasteiger partial charge in [0.25, 0.3) is 5.91 Å². The largest absolute Gasteiger partial charge is 0.382 e. The predicted molar refractivity (Wildman–Crippen MR) is 98.7 cm³/mol. The van der Waals surface area contributed by atoms with Crippen LogP contribution in [0.1, 0.15) is 39.0 Å². The highest BCUT2D eigenvalue weighted by atomic mass is 19.1. The lowest BCUT2D eigenvalue weighted by atomic mass is 9.93. The number of anilines is 1. The third-order valence-corrected chi connectivity index (χ3v) is 4.90. The van der Waals surface area contributed by atoms with E-state index < -0.39 is 41.6 Å². The van der Waals surface area contributed by atoms with Crippen LogP contribution in [0.5, 0.6) is 0 Å². The SMILES string of the molecule is CCCCC(C(=O)N1CCC[C@H]1C(=O)Nc1ccc(F)cc1)C(O)C(=O)NO. The van der Waals surface area contributed by atoms with Crippen LogP contribution in [0, 0.1) is 11.7 Å². The molecule has 1 aromatic rings. The van der Waals surface area contributed by atoms with Crippen molar-refractivity contribution in [2.75, 3.05) is 11.9 Å². The molecule has 1 saturated heterocycles. The smallest absolute Gasteiger partial charge is 0.272 e. The van der Waals surface area contributed by atoms with E-state index in [0.717, 1.165) is 6.42 Å². The van der Waals surface area contributed by atoms with Crippen LogP contribution in [-0.4, -0.2) is 51.6 Å². The summed E-state index contributed by atoms with van der Waals surface area (Å²) in [6.45, 7) is 2.24. The summed E-state index contributed by atoms with van der Waals surface area (Å²) in [4.78, 5) is 38.6. The van der Waals surface area contributed by atoms with Crippen LogP contribution in [0.3, 0.4) is 0 Å². The molecule has 1 fully saturated rings. The Bertz CT molecular complexity index is 697. The number of likely N-dealkylation sites (tertiary alicyclic amines) is 1. The average molecular weight is 395 g/mol. The summed E-state index contributed by atoms with van der Waals surface area (Å²) in [5.74, 6) is -3.44. The van der Waals surface area contributed by atoms with Crippen molar-refractivity contribution in [2.45, 2.75) is 51.2 Å². The van der Waals surface area contributed by atoms with E-state index in [9.17, 15) is 23.9 Å². The van der Waals surface area contributed by atoms with E-state index in [1.54, 1.807) is 0 Å². The standard InChI is InChI=1S/C19H26FN3O5/c1-2-3-5-14(16(24)18(26)22-28)19(27)23-11-4-6-15(23)17(25)21-13-9-7-12(20)8-10-13/h7-10,14-16,24,28H,2-6,11H2,1H3,(H,21,25)(H,22,26)/t14?,15-,16?/m0/s1. The Morgan fingerprint density at radius 2 is 1.96 bits per heavy atom. The highest BCUT2D eigenvalue weighted by Gasteiger charge is 2.40. The Morgan fingerprint density at radius 1 is 1.29 bits per heavy atom. The topological polar surface area (TPSA) is 119 Å². The van der Waals surface area contributed by atoms with Crippen molar-refractivity contribution in [3.63, 3.8) is 0 Å². The molecule has 9 heteroatoms. The Balaban J connectivity index is 2.12. The Labute approximate surface area is 162 Å². The number of carbonyl (C=O) groups excluding carboxylic acids is 3. The quantitative estimate of drug-likeness (QED) is 0.392. The third-order valence-electron chi connectivity index (χ3n) is 4.90. The van der Waals surface area contributed by atoms with Crippen molar-refractivity contribution in [1.82, 2.24) is 10.4 Å². The summed E-state index contributed by atoms with van der Waals surface area (Å²) in [5.41, 5.74) is 1.78. The molecule has 3 amide bonds. The molecule has 1 aliphatic heterocycles. The molecule has 0 aliphatic carbocycles. The predicted octanol–water partition coefficient (Wildman–Crippen LogP) is 1.43. The van der Waals surface area contributed by atoms with E-state index in [0.29, 0.717) is 31.5 Å². The summed E-state index contributed by atoms with van der Waals surface area (Å²) in [6.07, 6.45) is 0.966. The fraction of sp³-hybridized carbons (Fsp3) is 0.526. The van der Waals surface area contributed by atoms with E-state index in [4.69, 9.17) is 5.21 Å². The minimum Gasteiger partial charge on any atom is -0.382 e. The van der Waals surface area contributed by atoms with Crippen LogP contribution in [-0.2, 0) is 14.4 Å². The van der Waals surface area contributed by atoms with Crippen LogP contribution < -0.4 is 10.8 Å². The number of aliphatic hydroxyl groups is 1. The van der Waals surface area contributed by atoms with Gasteiger partial charge in [0.1, 0.15) is 18.0 Å². The number of unbranched alkanes of at least 4 members (excludes halogenated alkanes) is 1. The first-order valence-electron chi connectivity index (χ1n) is 9.38. The van der Waals surface area contributed by atoms with Gasteiger partial charge >= 0.3 is 0 Å². The maximum Gasteiger partial charge on any atom is 0.272 e. The molecular formula is C19H26FN3O5. The van der Waals surface area contributed by atoms with Crippen molar-refractivity contribution in [3.05, 3.63) is 30.1 Å². The molecule has 28 heavy (non-hydrogen) atoms. The molecule has 2 rings (SSSR count). The second kappa shape index (κ2) is 10.1. The normalized spacial score (nSPS) is 18.4. The van der Waals surface area contributed by atoms with E-state index in [-0.39, 0.29) is 6.42 Å². The van der Waals surface area contributed by atoms with Crippen LogP contribution in [0.4, 0.5) is 10.1 Å². The van der Waals surface area contributed by atoms with Crippen molar-refractivity contribution in [2.24, 2.45) is 5.92 Å². The van der Waals surface area contributed by atoms with E-state index in [2.05, 4.69) is 5.32 Å². The second-order valence-electron chi connectivity index (χ2n) is 6.86. The van der Waals surface area contributed by atoms with E-state index in [1.807, 2.05) is 6.92 Å². The molecule has 1 heterocycles. The number of hydrogen-bond acceptors (Lipinski definition) is 5. The summed E-state index contributed by atoms with van der Waals surface area (Å²) in [6, 6.07) is 4.54.